The highest BCUT2D eigenvalue weighted by atomic mass is 79.9. The van der Waals surface area contributed by atoms with Crippen LogP contribution in [-0.4, -0.2) is 19.0 Å². The van der Waals surface area contributed by atoms with Crippen LogP contribution in [0.4, 0.5) is 0 Å². The van der Waals surface area contributed by atoms with Crippen molar-refractivity contribution in [3.63, 3.8) is 0 Å². The number of hydrogen-bond acceptors (Lipinski definition) is 3. The molecule has 0 amide bonds. The van der Waals surface area contributed by atoms with Gasteiger partial charge in [0.1, 0.15) is 0 Å². The second-order valence-corrected chi connectivity index (χ2v) is 6.38. The average Bonchev–Trinajstić information content (AvgIpc) is 2.88. The zero-order chi connectivity index (χ0) is 17.1. The molecule has 4 heteroatoms. The van der Waals surface area contributed by atoms with Crippen molar-refractivity contribution in [2.75, 3.05) is 13.2 Å². The fraction of sp³-hybridized carbons (Fsp3) is 0.250. The summed E-state index contributed by atoms with van der Waals surface area (Å²) in [5.74, 6) is 1.49. The largest absolute Gasteiger partial charge is 0.490 e. The molecule has 3 nitrogen and oxygen atoms in total. The van der Waals surface area contributed by atoms with E-state index in [0.717, 1.165) is 26.7 Å². The van der Waals surface area contributed by atoms with Gasteiger partial charge in [-0.25, -0.2) is 0 Å². The first-order valence-electron chi connectivity index (χ1n) is 8.06. The minimum atomic E-state index is 0.105. The van der Waals surface area contributed by atoms with Crippen molar-refractivity contribution in [3.05, 3.63) is 63.1 Å². The summed E-state index contributed by atoms with van der Waals surface area (Å²) in [7, 11) is 0. The number of hydrogen-bond donors (Lipinski definition) is 0. The van der Waals surface area contributed by atoms with Crippen molar-refractivity contribution >= 4 is 27.8 Å². The van der Waals surface area contributed by atoms with E-state index in [2.05, 4.69) is 15.9 Å². The van der Waals surface area contributed by atoms with Crippen LogP contribution in [0.3, 0.4) is 0 Å². The maximum Gasteiger partial charge on any atom is 0.189 e. The lowest BCUT2D eigenvalue weighted by atomic mass is 10.1. The third kappa shape index (κ3) is 3.24. The third-order valence-electron chi connectivity index (χ3n) is 3.90. The summed E-state index contributed by atoms with van der Waals surface area (Å²) in [6, 6.07) is 11.6. The zero-order valence-corrected chi connectivity index (χ0v) is 15.4. The number of allylic oxidation sites excluding steroid dienone is 1. The van der Waals surface area contributed by atoms with E-state index in [-0.39, 0.29) is 5.78 Å². The van der Waals surface area contributed by atoms with Crippen LogP contribution >= 0.6 is 15.9 Å². The van der Waals surface area contributed by atoms with Crippen LogP contribution < -0.4 is 9.47 Å². The first-order chi connectivity index (χ1) is 11.6. The van der Waals surface area contributed by atoms with Crippen LogP contribution in [0.2, 0.25) is 0 Å². The predicted octanol–water partition coefficient (Wildman–Crippen LogP) is 5.07. The van der Waals surface area contributed by atoms with Gasteiger partial charge in [0.05, 0.1) is 17.7 Å². The molecule has 2 aromatic carbocycles. The van der Waals surface area contributed by atoms with Gasteiger partial charge in [-0.1, -0.05) is 24.3 Å². The molecule has 0 saturated carbocycles. The SMILES string of the molecule is CCOc1cc(/C=C2\Cc3ccccc3C2=O)cc(Br)c1OCC. The topological polar surface area (TPSA) is 35.5 Å². The molecule has 24 heavy (non-hydrogen) atoms. The van der Waals surface area contributed by atoms with Crippen molar-refractivity contribution < 1.29 is 14.3 Å². The van der Waals surface area contributed by atoms with E-state index in [1.165, 1.54) is 0 Å². The molecule has 0 aromatic heterocycles. The molecule has 0 atom stereocenters. The highest BCUT2D eigenvalue weighted by molar-refractivity contribution is 9.10. The normalized spacial score (nSPS) is 14.8. The lowest BCUT2D eigenvalue weighted by molar-refractivity contribution is 0.104. The Balaban J connectivity index is 1.98. The number of carbonyl (C=O) groups is 1. The number of fused-ring (bicyclic) bond motifs is 1. The van der Waals surface area contributed by atoms with Gasteiger partial charge in [0.15, 0.2) is 17.3 Å². The first-order valence-corrected chi connectivity index (χ1v) is 8.85. The van der Waals surface area contributed by atoms with E-state index in [0.29, 0.717) is 31.1 Å². The lowest BCUT2D eigenvalue weighted by Gasteiger charge is -2.13. The van der Waals surface area contributed by atoms with Gasteiger partial charge in [0.25, 0.3) is 0 Å². The van der Waals surface area contributed by atoms with Crippen molar-refractivity contribution in [1.82, 2.24) is 0 Å². The van der Waals surface area contributed by atoms with Gasteiger partial charge in [-0.2, -0.15) is 0 Å². The van der Waals surface area contributed by atoms with E-state index in [1.54, 1.807) is 0 Å². The highest BCUT2D eigenvalue weighted by Crippen LogP contribution is 2.38. The molecule has 0 spiro atoms. The van der Waals surface area contributed by atoms with Gasteiger partial charge in [-0.3, -0.25) is 4.79 Å². The summed E-state index contributed by atoms with van der Waals surface area (Å²) >= 11 is 3.54. The summed E-state index contributed by atoms with van der Waals surface area (Å²) in [6.45, 7) is 4.99. The molecule has 0 N–H and O–H groups in total. The summed E-state index contributed by atoms with van der Waals surface area (Å²) in [4.78, 5) is 12.5. The Labute approximate surface area is 150 Å². The molecule has 0 fully saturated rings. The molecule has 124 valence electrons. The van der Waals surface area contributed by atoms with E-state index < -0.39 is 0 Å². The van der Waals surface area contributed by atoms with Gasteiger partial charge >= 0.3 is 0 Å². The molecule has 0 unspecified atom stereocenters. The summed E-state index contributed by atoms with van der Waals surface area (Å²) in [5, 5.41) is 0. The summed E-state index contributed by atoms with van der Waals surface area (Å²) in [5.41, 5.74) is 3.61. The summed E-state index contributed by atoms with van der Waals surface area (Å²) < 4.78 is 12.2. The van der Waals surface area contributed by atoms with E-state index >= 15 is 0 Å². The van der Waals surface area contributed by atoms with Gasteiger partial charge in [-0.15, -0.1) is 0 Å². The van der Waals surface area contributed by atoms with Gasteiger partial charge in [0.2, 0.25) is 0 Å². The standard InChI is InChI=1S/C20H19BrO3/c1-3-23-18-11-13(10-17(21)20(18)24-4-2)9-15-12-14-7-5-6-8-16(14)19(15)22/h5-11H,3-4,12H2,1-2H3/b15-9+. The van der Waals surface area contributed by atoms with Crippen LogP contribution in [0.1, 0.15) is 35.3 Å². The second kappa shape index (κ2) is 7.22. The van der Waals surface area contributed by atoms with Crippen molar-refractivity contribution in [3.8, 4) is 11.5 Å². The number of carbonyl (C=O) groups excluding carboxylic acids is 1. The Morgan fingerprint density at radius 2 is 1.88 bits per heavy atom. The Morgan fingerprint density at radius 1 is 1.12 bits per heavy atom. The number of rotatable bonds is 5. The molecule has 0 heterocycles. The highest BCUT2D eigenvalue weighted by Gasteiger charge is 2.24. The minimum absolute atomic E-state index is 0.105. The smallest absolute Gasteiger partial charge is 0.189 e. The molecular formula is C20H19BrO3. The number of halogens is 1. The average molecular weight is 387 g/mol. The first kappa shape index (κ1) is 16.8. The molecule has 0 saturated heterocycles. The Hall–Kier alpha value is -2.07. The third-order valence-corrected chi connectivity index (χ3v) is 4.48. The monoisotopic (exact) mass is 386 g/mol. The summed E-state index contributed by atoms with van der Waals surface area (Å²) in [6.07, 6.45) is 2.61. The molecule has 0 radical (unpaired) electrons. The van der Waals surface area contributed by atoms with Crippen LogP contribution in [0.15, 0.2) is 46.4 Å². The molecule has 0 aliphatic heterocycles. The Kier molecular flexibility index (Phi) is 5.05. The number of Topliss-reactive ketones (excluding diaryl/α,β-unsaturated/α-hetero) is 1. The molecule has 2 aromatic rings. The van der Waals surface area contributed by atoms with Crippen LogP contribution in [0, 0.1) is 0 Å². The number of ketones is 1. The molecule has 1 aliphatic rings. The minimum Gasteiger partial charge on any atom is -0.490 e. The fourth-order valence-electron chi connectivity index (χ4n) is 2.89. The Morgan fingerprint density at radius 3 is 2.58 bits per heavy atom. The van der Waals surface area contributed by atoms with Crippen LogP contribution in [-0.2, 0) is 6.42 Å². The zero-order valence-electron chi connectivity index (χ0n) is 13.8. The molecular weight excluding hydrogens is 368 g/mol. The quantitative estimate of drug-likeness (QED) is 0.672. The maximum atomic E-state index is 12.5. The molecule has 1 aliphatic carbocycles. The molecule has 3 rings (SSSR count). The Bertz CT molecular complexity index is 809. The van der Waals surface area contributed by atoms with Gasteiger partial charge in [0, 0.05) is 17.6 Å². The van der Waals surface area contributed by atoms with Crippen molar-refractivity contribution in [2.24, 2.45) is 0 Å². The van der Waals surface area contributed by atoms with E-state index in [9.17, 15) is 4.79 Å². The maximum absolute atomic E-state index is 12.5. The number of benzene rings is 2. The lowest BCUT2D eigenvalue weighted by Crippen LogP contribution is -2.00. The predicted molar refractivity (Wildman–Crippen MR) is 98.9 cm³/mol. The van der Waals surface area contributed by atoms with Crippen LogP contribution in [0.25, 0.3) is 6.08 Å². The van der Waals surface area contributed by atoms with Crippen molar-refractivity contribution in [2.45, 2.75) is 20.3 Å². The van der Waals surface area contributed by atoms with E-state index in [4.69, 9.17) is 9.47 Å². The van der Waals surface area contributed by atoms with Gasteiger partial charge < -0.3 is 9.47 Å². The number of ether oxygens (including phenoxy) is 2. The second-order valence-electron chi connectivity index (χ2n) is 5.53. The van der Waals surface area contributed by atoms with Crippen LogP contribution in [0.5, 0.6) is 11.5 Å². The van der Waals surface area contributed by atoms with E-state index in [1.807, 2.05) is 56.3 Å². The van der Waals surface area contributed by atoms with Crippen molar-refractivity contribution in [1.29, 1.82) is 0 Å². The van der Waals surface area contributed by atoms with Gasteiger partial charge in [-0.05, 0) is 59.1 Å². The fourth-order valence-corrected chi connectivity index (χ4v) is 3.46. The molecule has 0 bridgehead atoms.